The van der Waals surface area contributed by atoms with Crippen LogP contribution in [0.15, 0.2) is 30.3 Å². The van der Waals surface area contributed by atoms with E-state index in [1.807, 2.05) is 0 Å². The van der Waals surface area contributed by atoms with Crippen LogP contribution in [0, 0.1) is 33.1 Å². The molecule has 2 aromatic rings. The maximum atomic E-state index is 2.38. The highest BCUT2D eigenvalue weighted by Crippen LogP contribution is 2.32. The standard InChI is InChI=1S/C21H28/c1-14-8-9-19(16(3)10-14)20-12-15(2)18(11-17(20)4)13-21(5,6)7/h8-12H,13H2,1-7H3. The Morgan fingerprint density at radius 2 is 1.33 bits per heavy atom. The number of hydrogen-bond donors (Lipinski definition) is 0. The lowest BCUT2D eigenvalue weighted by atomic mass is 9.84. The van der Waals surface area contributed by atoms with Crippen LogP contribution in [0.3, 0.4) is 0 Å². The lowest BCUT2D eigenvalue weighted by Gasteiger charge is -2.21. The summed E-state index contributed by atoms with van der Waals surface area (Å²) in [7, 11) is 0. The summed E-state index contributed by atoms with van der Waals surface area (Å²) in [6.45, 7) is 15.8. The molecule has 0 heteroatoms. The Morgan fingerprint density at radius 3 is 1.90 bits per heavy atom. The second-order valence-corrected chi connectivity index (χ2v) is 7.65. The Labute approximate surface area is 130 Å². The molecule has 0 atom stereocenters. The minimum Gasteiger partial charge on any atom is -0.0599 e. The molecule has 0 heterocycles. The minimum absolute atomic E-state index is 0.332. The van der Waals surface area contributed by atoms with Crippen LogP contribution < -0.4 is 0 Å². The molecule has 112 valence electrons. The third kappa shape index (κ3) is 3.75. The van der Waals surface area contributed by atoms with Crippen LogP contribution in [0.25, 0.3) is 11.1 Å². The largest absolute Gasteiger partial charge is 0.0599 e. The summed E-state index contributed by atoms with van der Waals surface area (Å²) in [5.74, 6) is 0. The monoisotopic (exact) mass is 280 g/mol. The smallest absolute Gasteiger partial charge is 0.0149 e. The first-order valence-electron chi connectivity index (χ1n) is 7.85. The van der Waals surface area contributed by atoms with Crippen molar-refractivity contribution in [3.05, 3.63) is 58.1 Å². The minimum atomic E-state index is 0.332. The number of rotatable bonds is 2. The Kier molecular flexibility index (Phi) is 4.27. The number of benzene rings is 2. The van der Waals surface area contributed by atoms with Crippen molar-refractivity contribution in [3.63, 3.8) is 0 Å². The average molecular weight is 280 g/mol. The van der Waals surface area contributed by atoms with Crippen molar-refractivity contribution < 1.29 is 0 Å². The molecule has 21 heavy (non-hydrogen) atoms. The zero-order valence-corrected chi connectivity index (χ0v) is 14.6. The molecule has 0 fully saturated rings. The first-order valence-corrected chi connectivity index (χ1v) is 7.85. The SMILES string of the molecule is Cc1ccc(-c2cc(C)c(CC(C)(C)C)cc2C)c(C)c1. The van der Waals surface area contributed by atoms with Crippen LogP contribution in [-0.4, -0.2) is 0 Å². The molecule has 0 aromatic heterocycles. The van der Waals surface area contributed by atoms with Crippen LogP contribution in [0.4, 0.5) is 0 Å². The second kappa shape index (κ2) is 5.67. The van der Waals surface area contributed by atoms with E-state index in [2.05, 4.69) is 78.8 Å². The molecule has 2 rings (SSSR count). The van der Waals surface area contributed by atoms with Gasteiger partial charge in [-0.2, -0.15) is 0 Å². The van der Waals surface area contributed by atoms with Gasteiger partial charge in [0, 0.05) is 0 Å². The molecular formula is C21H28. The maximum Gasteiger partial charge on any atom is -0.0149 e. The Bertz CT molecular complexity index is 654. The molecule has 0 spiro atoms. The molecule has 0 saturated carbocycles. The normalized spacial score (nSPS) is 11.8. The maximum absolute atomic E-state index is 2.38. The zero-order valence-electron chi connectivity index (χ0n) is 14.6. The fourth-order valence-corrected chi connectivity index (χ4v) is 3.04. The van der Waals surface area contributed by atoms with Crippen molar-refractivity contribution in [2.45, 2.75) is 54.9 Å². The van der Waals surface area contributed by atoms with Crippen molar-refractivity contribution >= 4 is 0 Å². The molecule has 0 amide bonds. The molecule has 0 unspecified atom stereocenters. The summed E-state index contributed by atoms with van der Waals surface area (Å²) in [5.41, 5.74) is 10.0. The summed E-state index contributed by atoms with van der Waals surface area (Å²) in [5, 5.41) is 0. The highest BCUT2D eigenvalue weighted by atomic mass is 14.2. The third-order valence-electron chi connectivity index (χ3n) is 4.08. The first kappa shape index (κ1) is 15.8. The predicted octanol–water partition coefficient (Wildman–Crippen LogP) is 6.18. The van der Waals surface area contributed by atoms with Gasteiger partial charge in [0.25, 0.3) is 0 Å². The van der Waals surface area contributed by atoms with E-state index in [1.165, 1.54) is 38.9 Å². The van der Waals surface area contributed by atoms with Crippen molar-refractivity contribution in [2.24, 2.45) is 5.41 Å². The van der Waals surface area contributed by atoms with Gasteiger partial charge in [-0.25, -0.2) is 0 Å². The van der Waals surface area contributed by atoms with Gasteiger partial charge in [-0.15, -0.1) is 0 Å². The van der Waals surface area contributed by atoms with Gasteiger partial charge in [0.1, 0.15) is 0 Å². The van der Waals surface area contributed by atoms with Gasteiger partial charge in [-0.05, 0) is 72.9 Å². The Balaban J connectivity index is 2.50. The van der Waals surface area contributed by atoms with Crippen molar-refractivity contribution in [1.29, 1.82) is 0 Å². The van der Waals surface area contributed by atoms with Crippen LogP contribution in [0.1, 0.15) is 48.6 Å². The van der Waals surface area contributed by atoms with Crippen molar-refractivity contribution in [3.8, 4) is 11.1 Å². The Hall–Kier alpha value is -1.56. The summed E-state index contributed by atoms with van der Waals surface area (Å²) >= 11 is 0. The summed E-state index contributed by atoms with van der Waals surface area (Å²) in [4.78, 5) is 0. The molecule has 0 bridgehead atoms. The quantitative estimate of drug-likeness (QED) is 0.616. The molecule has 0 radical (unpaired) electrons. The van der Waals surface area contributed by atoms with Crippen LogP contribution in [-0.2, 0) is 6.42 Å². The van der Waals surface area contributed by atoms with Gasteiger partial charge < -0.3 is 0 Å². The van der Waals surface area contributed by atoms with Gasteiger partial charge in [-0.3, -0.25) is 0 Å². The van der Waals surface area contributed by atoms with Gasteiger partial charge in [-0.1, -0.05) is 56.7 Å². The lowest BCUT2D eigenvalue weighted by molar-refractivity contribution is 0.410. The highest BCUT2D eigenvalue weighted by Gasteiger charge is 2.15. The van der Waals surface area contributed by atoms with Crippen molar-refractivity contribution in [2.75, 3.05) is 0 Å². The van der Waals surface area contributed by atoms with Gasteiger partial charge in [0.05, 0.1) is 0 Å². The van der Waals surface area contributed by atoms with Gasteiger partial charge in [0.2, 0.25) is 0 Å². The van der Waals surface area contributed by atoms with Gasteiger partial charge in [0.15, 0.2) is 0 Å². The van der Waals surface area contributed by atoms with E-state index >= 15 is 0 Å². The van der Waals surface area contributed by atoms with E-state index in [0.29, 0.717) is 5.41 Å². The number of aryl methyl sites for hydroxylation is 4. The topological polar surface area (TPSA) is 0 Å². The summed E-state index contributed by atoms with van der Waals surface area (Å²) < 4.78 is 0. The molecular weight excluding hydrogens is 252 g/mol. The van der Waals surface area contributed by atoms with E-state index in [9.17, 15) is 0 Å². The van der Waals surface area contributed by atoms with E-state index in [4.69, 9.17) is 0 Å². The molecule has 0 aliphatic rings. The molecule has 2 aromatic carbocycles. The Morgan fingerprint density at radius 1 is 0.714 bits per heavy atom. The van der Waals surface area contributed by atoms with Gasteiger partial charge >= 0.3 is 0 Å². The third-order valence-corrected chi connectivity index (χ3v) is 4.08. The lowest BCUT2D eigenvalue weighted by Crippen LogP contribution is -2.10. The molecule has 0 aliphatic carbocycles. The molecule has 0 aliphatic heterocycles. The van der Waals surface area contributed by atoms with E-state index < -0.39 is 0 Å². The predicted molar refractivity (Wildman–Crippen MR) is 94.0 cm³/mol. The molecule has 0 nitrogen and oxygen atoms in total. The molecule has 0 saturated heterocycles. The summed E-state index contributed by atoms with van der Waals surface area (Å²) in [6.07, 6.45) is 1.13. The van der Waals surface area contributed by atoms with Crippen LogP contribution in [0.5, 0.6) is 0 Å². The number of hydrogen-bond acceptors (Lipinski definition) is 0. The van der Waals surface area contributed by atoms with Crippen LogP contribution >= 0.6 is 0 Å². The van der Waals surface area contributed by atoms with Crippen LogP contribution in [0.2, 0.25) is 0 Å². The van der Waals surface area contributed by atoms with E-state index in [-0.39, 0.29) is 0 Å². The second-order valence-electron chi connectivity index (χ2n) is 7.65. The summed E-state index contributed by atoms with van der Waals surface area (Å²) in [6, 6.07) is 11.5. The zero-order chi connectivity index (χ0) is 15.8. The fourth-order valence-electron chi connectivity index (χ4n) is 3.04. The van der Waals surface area contributed by atoms with E-state index in [1.54, 1.807) is 0 Å². The van der Waals surface area contributed by atoms with E-state index in [0.717, 1.165) is 6.42 Å². The fraction of sp³-hybridized carbons (Fsp3) is 0.429. The average Bonchev–Trinajstić information content (AvgIpc) is 2.32. The van der Waals surface area contributed by atoms with Crippen molar-refractivity contribution in [1.82, 2.24) is 0 Å². The molecule has 0 N–H and O–H groups in total. The highest BCUT2D eigenvalue weighted by molar-refractivity contribution is 5.72. The first-order chi connectivity index (χ1) is 9.67.